The van der Waals surface area contributed by atoms with Crippen molar-refractivity contribution in [2.75, 3.05) is 0 Å². The second-order valence-electron chi connectivity index (χ2n) is 10.6. The topological polar surface area (TPSA) is 13.1 Å². The summed E-state index contributed by atoms with van der Waals surface area (Å²) in [6, 6.07) is 52.0. The van der Waals surface area contributed by atoms with Gasteiger partial charge in [0.25, 0.3) is 5.69 Å². The summed E-state index contributed by atoms with van der Waals surface area (Å²) in [4.78, 5) is 6.56. The van der Waals surface area contributed by atoms with Crippen molar-refractivity contribution in [1.29, 1.82) is 0 Å². The lowest BCUT2D eigenvalue weighted by molar-refractivity contribution is -0.866. The number of pyridine rings is 1. The molecule has 1 aromatic heterocycles. The third-order valence-electron chi connectivity index (χ3n) is 8.24. The van der Waals surface area contributed by atoms with Gasteiger partial charge < -0.3 is 0 Å². The van der Waals surface area contributed by atoms with Crippen LogP contribution in [0.1, 0.15) is 19.8 Å². The van der Waals surface area contributed by atoms with Gasteiger partial charge in [0.1, 0.15) is 0 Å². The number of hydrogen-bond donors (Lipinski definition) is 0. The van der Waals surface area contributed by atoms with E-state index >= 15 is 0 Å². The van der Waals surface area contributed by atoms with E-state index in [1.165, 1.54) is 27.3 Å². The van der Waals surface area contributed by atoms with Gasteiger partial charge in [0.05, 0.1) is 6.15 Å². The van der Waals surface area contributed by atoms with Crippen molar-refractivity contribution in [1.82, 2.24) is 0 Å². The van der Waals surface area contributed by atoms with Gasteiger partial charge in [-0.05, 0) is 29.0 Å². The molecule has 196 valence electrons. The first-order valence-electron chi connectivity index (χ1n) is 14.4. The summed E-state index contributed by atoms with van der Waals surface area (Å²) >= 11 is 0. The maximum Gasteiger partial charge on any atom is 0.262 e. The third kappa shape index (κ3) is 4.91. The molecule has 0 saturated heterocycles. The Kier molecular flexibility index (Phi) is 7.46. The first-order valence-corrected chi connectivity index (χ1v) is 14.4. The normalized spacial score (nSPS) is 11.4. The number of aromatic nitrogens is 1. The highest BCUT2D eigenvalue weighted by Gasteiger charge is 2.33. The van der Waals surface area contributed by atoms with E-state index in [0.717, 1.165) is 36.0 Å². The smallest absolute Gasteiger partial charge is 0.231 e. The Morgan fingerprint density at radius 1 is 0.600 bits per heavy atom. The molecule has 6 aromatic rings. The van der Waals surface area contributed by atoms with E-state index in [0.29, 0.717) is 0 Å². The standard InChI is InChI=1S/C37H34BNO/c1-2-3-27-38(32-18-6-4-7-19-32,33-20-8-5-9-21-33)36-23-13-12-22-35(36)37-24-14-15-28-39(37)40-34-26-25-30-16-10-11-17-31(30)29-34/h4-26,28-29H,2-3,27H2,1H3. The number of benzene rings is 5. The van der Waals surface area contributed by atoms with Gasteiger partial charge in [-0.25, -0.2) is 4.84 Å². The fourth-order valence-corrected chi connectivity index (χ4v) is 6.33. The molecule has 0 atom stereocenters. The van der Waals surface area contributed by atoms with Gasteiger partial charge in [-0.1, -0.05) is 135 Å². The second kappa shape index (κ2) is 11.6. The number of fused-ring (bicyclic) bond motifs is 1. The third-order valence-corrected chi connectivity index (χ3v) is 8.24. The second-order valence-corrected chi connectivity index (χ2v) is 10.6. The number of rotatable bonds is 9. The summed E-state index contributed by atoms with van der Waals surface area (Å²) in [7, 11) is 0. The Hall–Kier alpha value is -4.63. The van der Waals surface area contributed by atoms with Gasteiger partial charge >= 0.3 is 0 Å². The quantitative estimate of drug-likeness (QED) is 0.150. The summed E-state index contributed by atoms with van der Waals surface area (Å²) in [6.45, 7) is 2.28. The first kappa shape index (κ1) is 25.6. The average Bonchev–Trinajstić information content (AvgIpc) is 3.03. The van der Waals surface area contributed by atoms with Crippen LogP contribution in [-0.2, 0) is 0 Å². The van der Waals surface area contributed by atoms with Gasteiger partial charge in [0, 0.05) is 22.4 Å². The van der Waals surface area contributed by atoms with Crippen LogP contribution in [-0.4, -0.2) is 6.15 Å². The largest absolute Gasteiger partial charge is 0.262 e. The molecule has 2 nitrogen and oxygen atoms in total. The maximum atomic E-state index is 6.56. The Morgan fingerprint density at radius 3 is 1.95 bits per heavy atom. The Balaban J connectivity index is 1.54. The molecule has 0 spiro atoms. The molecule has 0 radical (unpaired) electrons. The number of hydrogen-bond acceptors (Lipinski definition) is 1. The van der Waals surface area contributed by atoms with Crippen LogP contribution in [0.2, 0.25) is 6.32 Å². The molecule has 0 aliphatic carbocycles. The van der Waals surface area contributed by atoms with Crippen LogP contribution in [0.25, 0.3) is 22.0 Å². The molecule has 0 aliphatic heterocycles. The zero-order chi connectivity index (χ0) is 27.2. The van der Waals surface area contributed by atoms with Crippen LogP contribution in [0.15, 0.2) is 152 Å². The molecule has 0 saturated carbocycles. The molecule has 5 aromatic carbocycles. The minimum atomic E-state index is -1.25. The maximum absolute atomic E-state index is 6.56. The molecule has 3 heteroatoms. The molecular formula is C37H34BNO. The van der Waals surface area contributed by atoms with Gasteiger partial charge in [0.15, 0.2) is 0 Å². The fourth-order valence-electron chi connectivity index (χ4n) is 6.33. The molecule has 0 bridgehead atoms. The lowest BCUT2D eigenvalue weighted by Crippen LogP contribution is -2.67. The Morgan fingerprint density at radius 2 is 1.23 bits per heavy atom. The molecule has 6 rings (SSSR count). The molecule has 0 unspecified atom stereocenters. The van der Waals surface area contributed by atoms with E-state index in [4.69, 9.17) is 4.84 Å². The molecule has 0 amide bonds. The van der Waals surface area contributed by atoms with Gasteiger partial charge in [-0.2, -0.15) is 22.7 Å². The number of nitrogens with zero attached hydrogens (tertiary/aromatic N) is 1. The predicted molar refractivity (Wildman–Crippen MR) is 169 cm³/mol. The molecule has 0 N–H and O–H groups in total. The van der Waals surface area contributed by atoms with E-state index in [-0.39, 0.29) is 0 Å². The highest BCUT2D eigenvalue weighted by Crippen LogP contribution is 2.24. The molecular weight excluding hydrogens is 485 g/mol. The SMILES string of the molecule is CCCC[B-](c1ccccc1)(c1ccccc1)c1ccccc1-c1cccc[n+]1Oc1ccc2ccccc2c1. The Bertz CT molecular complexity index is 1680. The highest BCUT2D eigenvalue weighted by molar-refractivity contribution is 7.12. The lowest BCUT2D eigenvalue weighted by atomic mass is 9.13. The molecule has 40 heavy (non-hydrogen) atoms. The zero-order valence-corrected chi connectivity index (χ0v) is 23.0. The summed E-state index contributed by atoms with van der Waals surface area (Å²) < 4.78 is 1.92. The van der Waals surface area contributed by atoms with Crippen LogP contribution in [0.4, 0.5) is 0 Å². The van der Waals surface area contributed by atoms with Crippen LogP contribution < -0.4 is 26.0 Å². The van der Waals surface area contributed by atoms with Gasteiger partial charge in [-0.3, -0.25) is 0 Å². The van der Waals surface area contributed by atoms with E-state index < -0.39 is 6.15 Å². The minimum Gasteiger partial charge on any atom is -0.231 e. The van der Waals surface area contributed by atoms with E-state index in [1.807, 2.05) is 23.1 Å². The summed E-state index contributed by atoms with van der Waals surface area (Å²) in [5.74, 6) is 0.808. The van der Waals surface area contributed by atoms with Crippen molar-refractivity contribution in [2.45, 2.75) is 26.1 Å². The fraction of sp³-hybridized carbons (Fsp3) is 0.108. The minimum absolute atomic E-state index is 0.808. The van der Waals surface area contributed by atoms with Crippen molar-refractivity contribution in [2.24, 2.45) is 0 Å². The van der Waals surface area contributed by atoms with Crippen molar-refractivity contribution >= 4 is 33.3 Å². The molecule has 0 fully saturated rings. The molecule has 1 heterocycles. The highest BCUT2D eigenvalue weighted by atomic mass is 16.7. The van der Waals surface area contributed by atoms with Gasteiger partial charge in [-0.15, -0.1) is 0 Å². The van der Waals surface area contributed by atoms with Crippen molar-refractivity contribution < 1.29 is 9.57 Å². The summed E-state index contributed by atoms with van der Waals surface area (Å²) in [6.07, 6.45) is 4.11. The average molecular weight is 519 g/mol. The predicted octanol–water partition coefficient (Wildman–Crippen LogP) is 6.91. The Labute approximate surface area is 237 Å². The van der Waals surface area contributed by atoms with E-state index in [1.54, 1.807) is 0 Å². The number of unbranched alkanes of at least 4 members (excludes halogenated alkanes) is 1. The molecule has 0 aliphatic rings. The van der Waals surface area contributed by atoms with E-state index in [9.17, 15) is 0 Å². The zero-order valence-electron chi connectivity index (χ0n) is 23.0. The monoisotopic (exact) mass is 519 g/mol. The van der Waals surface area contributed by atoms with E-state index in [2.05, 4.69) is 140 Å². The van der Waals surface area contributed by atoms with Crippen LogP contribution >= 0.6 is 0 Å². The summed E-state index contributed by atoms with van der Waals surface area (Å²) in [5, 5.41) is 2.36. The lowest BCUT2D eigenvalue weighted by Gasteiger charge is -2.44. The van der Waals surface area contributed by atoms with Crippen molar-refractivity contribution in [3.05, 3.63) is 152 Å². The van der Waals surface area contributed by atoms with Crippen molar-refractivity contribution in [3.63, 3.8) is 0 Å². The summed E-state index contributed by atoms with van der Waals surface area (Å²) in [5.41, 5.74) is 6.30. The van der Waals surface area contributed by atoms with Gasteiger partial charge in [0.2, 0.25) is 11.9 Å². The van der Waals surface area contributed by atoms with Crippen LogP contribution in [0, 0.1) is 0 Å². The first-order chi connectivity index (χ1) is 19.8. The van der Waals surface area contributed by atoms with Crippen LogP contribution in [0.3, 0.4) is 0 Å². The van der Waals surface area contributed by atoms with Crippen LogP contribution in [0.5, 0.6) is 5.75 Å². The van der Waals surface area contributed by atoms with Crippen molar-refractivity contribution in [3.8, 4) is 17.0 Å².